The minimum Gasteiger partial charge on any atom is -0.456 e. The van der Waals surface area contributed by atoms with Crippen LogP contribution < -0.4 is 0 Å². The third-order valence-corrected chi connectivity index (χ3v) is 13.4. The lowest BCUT2D eigenvalue weighted by Gasteiger charge is -2.47. The van der Waals surface area contributed by atoms with Gasteiger partial charge in [-0.05, 0) is 107 Å². The topological polar surface area (TPSA) is 169 Å². The first-order valence-electron chi connectivity index (χ1n) is 21.3. The van der Waals surface area contributed by atoms with Crippen LogP contribution in [0.5, 0.6) is 0 Å². The SMILES string of the molecule is C=CC[C@@H]1/C=C(\C)C[C@H](C)C[C@H](OC)C2O[C@@](O)(C(=O)C(=O)N3CCCC[C@H]3C(=O)O[C@H](/C(C)=C/[C@@H]3CC[C@@H](C)[C@H](CO)C3)[C@H](C)[C@@H](O)CC1=O)[C@H](C)C[C@@H]2OC. The van der Waals surface area contributed by atoms with E-state index in [0.29, 0.717) is 43.6 Å². The Morgan fingerprint density at radius 3 is 2.33 bits per heavy atom. The smallest absolute Gasteiger partial charge is 0.329 e. The lowest BCUT2D eigenvalue weighted by molar-refractivity contribution is -0.302. The third-order valence-electron chi connectivity index (χ3n) is 13.4. The summed E-state index contributed by atoms with van der Waals surface area (Å²) in [5, 5.41) is 33.8. The molecule has 0 aromatic carbocycles. The number of esters is 1. The van der Waals surface area contributed by atoms with Crippen molar-refractivity contribution in [2.75, 3.05) is 27.4 Å². The van der Waals surface area contributed by atoms with Crippen LogP contribution in [-0.4, -0.2) is 113 Å². The number of rotatable bonds is 7. The highest BCUT2D eigenvalue weighted by atomic mass is 16.7. The van der Waals surface area contributed by atoms with Gasteiger partial charge in [0.1, 0.15) is 24.0 Å². The number of cyclic esters (lactones) is 1. The maximum Gasteiger partial charge on any atom is 0.329 e. The second kappa shape index (κ2) is 21.0. The molecule has 3 heterocycles. The number of Topliss-reactive ketones (excluding diaryl/α,β-unsaturated/α-hetero) is 2. The fraction of sp³-hybridized carbons (Fsp3) is 0.778. The van der Waals surface area contributed by atoms with Gasteiger partial charge in [-0.2, -0.15) is 0 Å². The summed E-state index contributed by atoms with van der Waals surface area (Å²) in [6.45, 7) is 15.5. The summed E-state index contributed by atoms with van der Waals surface area (Å²) in [5.41, 5.74) is 1.68. The zero-order valence-corrected chi connectivity index (χ0v) is 35.7. The van der Waals surface area contributed by atoms with Crippen molar-refractivity contribution in [3.05, 3.63) is 36.0 Å². The number of allylic oxidation sites excluding steroid dienone is 4. The Kier molecular flexibility index (Phi) is 17.3. The van der Waals surface area contributed by atoms with Crippen molar-refractivity contribution in [1.29, 1.82) is 0 Å². The third kappa shape index (κ3) is 11.3. The average Bonchev–Trinajstić information content (AvgIpc) is 3.18. The standard InChI is InChI=1S/C45H71NO11/c1-10-13-33-19-26(2)18-27(3)20-38(54-8)41-39(55-9)22-30(6)45(53,57-41)42(50)43(51)46-17-12-11-14-35(46)44(52)56-40(31(7)36(48)24-37(33)49)29(5)21-32-16-15-28(4)34(23-32)25-47/h10,19,21,27-28,30-36,38-41,47-48,53H,1,11-18,20,22-25H2,2-9H3/b26-19+,29-21+/t27-,28+,30+,31+,32-,33+,34-,35-,36-,38-,39-,40+,41?,45+/m0/s1. The van der Waals surface area contributed by atoms with Crippen molar-refractivity contribution < 1.29 is 53.4 Å². The Bertz CT molecular complexity index is 1480. The van der Waals surface area contributed by atoms with Gasteiger partial charge < -0.3 is 39.2 Å². The van der Waals surface area contributed by atoms with Gasteiger partial charge in [-0.25, -0.2) is 4.79 Å². The summed E-state index contributed by atoms with van der Waals surface area (Å²) in [6.07, 6.45) is 7.02. The number of methoxy groups -OCH3 is 2. The molecule has 1 aliphatic carbocycles. The molecule has 322 valence electrons. The van der Waals surface area contributed by atoms with Crippen LogP contribution in [0.2, 0.25) is 0 Å². The molecular weight excluding hydrogens is 730 g/mol. The van der Waals surface area contributed by atoms with Crippen molar-refractivity contribution in [2.45, 2.75) is 155 Å². The van der Waals surface area contributed by atoms with E-state index < -0.39 is 77.8 Å². The van der Waals surface area contributed by atoms with Crippen LogP contribution in [0.4, 0.5) is 0 Å². The molecule has 3 aliphatic heterocycles. The minimum atomic E-state index is -2.50. The van der Waals surface area contributed by atoms with Crippen LogP contribution in [-0.2, 0) is 38.1 Å². The Labute approximate surface area is 340 Å². The molecule has 4 rings (SSSR count). The maximum atomic E-state index is 14.3. The molecule has 0 spiro atoms. The molecule has 14 atom stereocenters. The van der Waals surface area contributed by atoms with Crippen LogP contribution in [0.25, 0.3) is 0 Å². The quantitative estimate of drug-likeness (QED) is 0.169. The number of ether oxygens (including phenoxy) is 4. The molecule has 4 aliphatic rings. The number of carbonyl (C=O) groups excluding carboxylic acids is 4. The highest BCUT2D eigenvalue weighted by molar-refractivity contribution is 6.39. The van der Waals surface area contributed by atoms with Gasteiger partial charge in [-0.3, -0.25) is 14.4 Å². The van der Waals surface area contributed by atoms with Crippen LogP contribution in [0.3, 0.4) is 0 Å². The van der Waals surface area contributed by atoms with E-state index in [-0.39, 0.29) is 56.0 Å². The molecule has 12 nitrogen and oxygen atoms in total. The number of aliphatic hydroxyl groups excluding tert-OH is 2. The van der Waals surface area contributed by atoms with Crippen LogP contribution in [0.15, 0.2) is 36.0 Å². The van der Waals surface area contributed by atoms with Crippen LogP contribution in [0.1, 0.15) is 112 Å². The summed E-state index contributed by atoms with van der Waals surface area (Å²) in [5.74, 6) is -6.97. The summed E-state index contributed by atoms with van der Waals surface area (Å²) in [6, 6.07) is -1.12. The summed E-state index contributed by atoms with van der Waals surface area (Å²) >= 11 is 0. The molecule has 1 saturated carbocycles. The summed E-state index contributed by atoms with van der Waals surface area (Å²) < 4.78 is 24.3. The number of amides is 1. The van der Waals surface area contributed by atoms with Gasteiger partial charge >= 0.3 is 5.97 Å². The average molecular weight is 802 g/mol. The van der Waals surface area contributed by atoms with E-state index in [1.54, 1.807) is 19.9 Å². The monoisotopic (exact) mass is 802 g/mol. The second-order valence-corrected chi connectivity index (χ2v) is 17.9. The number of carbonyl (C=O) groups is 4. The molecule has 0 aromatic heterocycles. The number of ketones is 2. The van der Waals surface area contributed by atoms with E-state index >= 15 is 0 Å². The fourth-order valence-electron chi connectivity index (χ4n) is 9.73. The molecule has 0 radical (unpaired) electrons. The molecule has 2 saturated heterocycles. The largest absolute Gasteiger partial charge is 0.456 e. The normalized spacial score (nSPS) is 41.0. The summed E-state index contributed by atoms with van der Waals surface area (Å²) in [4.78, 5) is 57.9. The van der Waals surface area contributed by atoms with Gasteiger partial charge in [-0.1, -0.05) is 51.5 Å². The predicted octanol–water partition coefficient (Wildman–Crippen LogP) is 5.51. The van der Waals surface area contributed by atoms with E-state index in [4.69, 9.17) is 18.9 Å². The van der Waals surface area contributed by atoms with E-state index in [1.807, 2.05) is 26.8 Å². The van der Waals surface area contributed by atoms with E-state index in [9.17, 15) is 34.5 Å². The molecule has 0 aromatic rings. The number of piperidine rings is 1. The molecule has 12 heteroatoms. The Balaban J connectivity index is 1.78. The highest BCUT2D eigenvalue weighted by Gasteiger charge is 2.56. The molecule has 2 bridgehead atoms. The lowest BCUT2D eigenvalue weighted by Crippen LogP contribution is -2.64. The van der Waals surface area contributed by atoms with Crippen LogP contribution in [0, 0.1) is 41.4 Å². The first kappa shape index (κ1) is 46.9. The highest BCUT2D eigenvalue weighted by Crippen LogP contribution is 2.40. The first-order chi connectivity index (χ1) is 27.0. The zero-order chi connectivity index (χ0) is 42.2. The van der Waals surface area contributed by atoms with Gasteiger partial charge in [0, 0.05) is 51.5 Å². The number of nitrogens with zero attached hydrogens (tertiary/aromatic N) is 1. The molecule has 57 heavy (non-hydrogen) atoms. The number of aliphatic hydroxyl groups is 3. The zero-order valence-electron chi connectivity index (χ0n) is 35.7. The van der Waals surface area contributed by atoms with Gasteiger partial charge in [0.2, 0.25) is 5.79 Å². The molecule has 1 unspecified atom stereocenters. The molecular formula is C45H71NO11. The number of hydrogen-bond acceptors (Lipinski definition) is 11. The Morgan fingerprint density at radius 2 is 1.68 bits per heavy atom. The van der Waals surface area contributed by atoms with Crippen molar-refractivity contribution in [1.82, 2.24) is 4.90 Å². The maximum absolute atomic E-state index is 14.3. The van der Waals surface area contributed by atoms with Gasteiger partial charge in [0.25, 0.3) is 11.7 Å². The molecule has 3 N–H and O–H groups in total. The minimum absolute atomic E-state index is 0.0177. The van der Waals surface area contributed by atoms with Crippen molar-refractivity contribution in [2.24, 2.45) is 41.4 Å². The summed E-state index contributed by atoms with van der Waals surface area (Å²) in [7, 11) is 3.06. The van der Waals surface area contributed by atoms with Gasteiger partial charge in [0.05, 0.1) is 18.3 Å². The van der Waals surface area contributed by atoms with E-state index in [0.717, 1.165) is 24.8 Å². The predicted molar refractivity (Wildman–Crippen MR) is 216 cm³/mol. The van der Waals surface area contributed by atoms with E-state index in [2.05, 4.69) is 19.6 Å². The second-order valence-electron chi connectivity index (χ2n) is 17.9. The van der Waals surface area contributed by atoms with Gasteiger partial charge in [0.15, 0.2) is 0 Å². The molecule has 1 amide bonds. The van der Waals surface area contributed by atoms with Crippen LogP contribution >= 0.6 is 0 Å². The van der Waals surface area contributed by atoms with E-state index in [1.165, 1.54) is 19.1 Å². The fourth-order valence-corrected chi connectivity index (χ4v) is 9.73. The van der Waals surface area contributed by atoms with Crippen molar-refractivity contribution in [3.8, 4) is 0 Å². The lowest BCUT2D eigenvalue weighted by atomic mass is 9.74. The first-order valence-corrected chi connectivity index (χ1v) is 21.3. The number of hydrogen-bond donors (Lipinski definition) is 3. The Hall–Kier alpha value is -2.74. The Morgan fingerprint density at radius 1 is 1.00 bits per heavy atom. The molecule has 3 fully saturated rings. The van der Waals surface area contributed by atoms with Crippen molar-refractivity contribution >= 4 is 23.4 Å². The number of fused-ring (bicyclic) bond motifs is 3. The van der Waals surface area contributed by atoms with Crippen molar-refractivity contribution in [3.63, 3.8) is 0 Å². The van der Waals surface area contributed by atoms with Gasteiger partial charge in [-0.15, -0.1) is 6.58 Å².